The van der Waals surface area contributed by atoms with E-state index in [0.29, 0.717) is 0 Å². The molecule has 0 fully saturated rings. The molecule has 0 aliphatic heterocycles. The molecule has 0 bridgehead atoms. The first-order valence-corrected chi connectivity index (χ1v) is 4.78. The lowest BCUT2D eigenvalue weighted by atomic mass is 10.3. The fourth-order valence-corrected chi connectivity index (χ4v) is 1.36. The standard InChI is InChI=1S/C11H6F2N2O3/c12-6-2-1-3-7(9(6)13)15-5-4-8(16)10(14-15)11(17)18/h1-5H,(H,17,18). The Balaban J connectivity index is 2.65. The summed E-state index contributed by atoms with van der Waals surface area (Å²) < 4.78 is 27.3. The Kier molecular flexibility index (Phi) is 2.88. The molecule has 0 unspecified atom stereocenters. The Labute approximate surface area is 98.9 Å². The van der Waals surface area contributed by atoms with E-state index in [1.165, 1.54) is 12.1 Å². The zero-order valence-corrected chi connectivity index (χ0v) is 8.80. The van der Waals surface area contributed by atoms with Crippen molar-refractivity contribution in [1.82, 2.24) is 9.78 Å². The molecular weight excluding hydrogens is 246 g/mol. The quantitative estimate of drug-likeness (QED) is 0.871. The molecule has 0 aliphatic rings. The van der Waals surface area contributed by atoms with Crippen molar-refractivity contribution in [3.63, 3.8) is 0 Å². The van der Waals surface area contributed by atoms with Crippen LogP contribution in [0.25, 0.3) is 5.69 Å². The van der Waals surface area contributed by atoms with E-state index in [1.807, 2.05) is 0 Å². The lowest BCUT2D eigenvalue weighted by Gasteiger charge is -2.07. The second kappa shape index (κ2) is 4.36. The maximum absolute atomic E-state index is 13.5. The highest BCUT2D eigenvalue weighted by atomic mass is 19.2. The van der Waals surface area contributed by atoms with E-state index in [2.05, 4.69) is 5.10 Å². The Morgan fingerprint density at radius 3 is 2.67 bits per heavy atom. The molecule has 0 saturated carbocycles. The fourth-order valence-electron chi connectivity index (χ4n) is 1.36. The van der Waals surface area contributed by atoms with Crippen molar-refractivity contribution in [2.75, 3.05) is 0 Å². The van der Waals surface area contributed by atoms with Gasteiger partial charge in [0, 0.05) is 12.3 Å². The number of benzene rings is 1. The largest absolute Gasteiger partial charge is 0.476 e. The average molecular weight is 252 g/mol. The first-order valence-electron chi connectivity index (χ1n) is 4.78. The van der Waals surface area contributed by atoms with Gasteiger partial charge >= 0.3 is 5.97 Å². The Morgan fingerprint density at radius 2 is 2.00 bits per heavy atom. The van der Waals surface area contributed by atoms with Crippen LogP contribution in [0.4, 0.5) is 8.78 Å². The van der Waals surface area contributed by atoms with Crippen LogP contribution >= 0.6 is 0 Å². The van der Waals surface area contributed by atoms with E-state index in [-0.39, 0.29) is 5.69 Å². The van der Waals surface area contributed by atoms with Gasteiger partial charge in [-0.1, -0.05) is 6.07 Å². The fraction of sp³-hybridized carbons (Fsp3) is 0. The molecule has 18 heavy (non-hydrogen) atoms. The van der Waals surface area contributed by atoms with Gasteiger partial charge in [0.25, 0.3) is 0 Å². The number of carbonyl (C=O) groups is 1. The number of carboxylic acid groups (broad SMARTS) is 1. The third kappa shape index (κ3) is 1.97. The average Bonchev–Trinajstić information content (AvgIpc) is 2.33. The van der Waals surface area contributed by atoms with E-state index in [9.17, 15) is 18.4 Å². The first kappa shape index (κ1) is 11.9. The summed E-state index contributed by atoms with van der Waals surface area (Å²) >= 11 is 0. The maximum Gasteiger partial charge on any atom is 0.360 e. The summed E-state index contributed by atoms with van der Waals surface area (Å²) in [6, 6.07) is 4.29. The van der Waals surface area contributed by atoms with E-state index in [4.69, 9.17) is 5.11 Å². The minimum atomic E-state index is -1.54. The second-order valence-corrected chi connectivity index (χ2v) is 3.35. The third-order valence-electron chi connectivity index (χ3n) is 2.19. The van der Waals surface area contributed by atoms with Gasteiger partial charge in [-0.3, -0.25) is 4.79 Å². The number of nitrogens with zero attached hydrogens (tertiary/aromatic N) is 2. The minimum Gasteiger partial charge on any atom is -0.476 e. The Hall–Kier alpha value is -2.57. The SMILES string of the molecule is O=C(O)c1nn(-c2cccc(F)c2F)ccc1=O. The molecular formula is C11H6F2N2O3. The molecule has 2 aromatic rings. The molecule has 1 N–H and O–H groups in total. The van der Waals surface area contributed by atoms with Crippen molar-refractivity contribution >= 4 is 5.97 Å². The number of halogens is 2. The van der Waals surface area contributed by atoms with Gasteiger partial charge < -0.3 is 5.11 Å². The van der Waals surface area contributed by atoms with Crippen molar-refractivity contribution in [1.29, 1.82) is 0 Å². The normalized spacial score (nSPS) is 10.3. The molecule has 1 aromatic carbocycles. The predicted molar refractivity (Wildman–Crippen MR) is 56.7 cm³/mol. The van der Waals surface area contributed by atoms with Gasteiger partial charge in [-0.15, -0.1) is 0 Å². The topological polar surface area (TPSA) is 72.2 Å². The molecule has 92 valence electrons. The number of carboxylic acids is 1. The van der Waals surface area contributed by atoms with Crippen LogP contribution < -0.4 is 5.43 Å². The van der Waals surface area contributed by atoms with Crippen LogP contribution in [0.3, 0.4) is 0 Å². The van der Waals surface area contributed by atoms with E-state index in [0.717, 1.165) is 23.0 Å². The van der Waals surface area contributed by atoms with Crippen LogP contribution in [0.2, 0.25) is 0 Å². The van der Waals surface area contributed by atoms with Crippen molar-refractivity contribution in [3.05, 3.63) is 58.0 Å². The molecule has 0 aliphatic carbocycles. The number of hydrogen-bond donors (Lipinski definition) is 1. The number of rotatable bonds is 2. The smallest absolute Gasteiger partial charge is 0.360 e. The molecule has 7 heteroatoms. The summed E-state index contributed by atoms with van der Waals surface area (Å²) in [4.78, 5) is 21.9. The molecule has 2 rings (SSSR count). The molecule has 0 amide bonds. The van der Waals surface area contributed by atoms with Crippen LogP contribution in [-0.4, -0.2) is 20.9 Å². The molecule has 1 aromatic heterocycles. The summed E-state index contributed by atoms with van der Waals surface area (Å²) in [5, 5.41) is 12.2. The molecule has 5 nitrogen and oxygen atoms in total. The van der Waals surface area contributed by atoms with Crippen LogP contribution in [-0.2, 0) is 0 Å². The summed E-state index contributed by atoms with van der Waals surface area (Å²) in [6.07, 6.45) is 1.06. The van der Waals surface area contributed by atoms with Gasteiger partial charge in [0.05, 0.1) is 0 Å². The van der Waals surface area contributed by atoms with E-state index in [1.54, 1.807) is 0 Å². The molecule has 0 saturated heterocycles. The molecule has 0 radical (unpaired) electrons. The van der Waals surface area contributed by atoms with Gasteiger partial charge in [-0.05, 0) is 12.1 Å². The van der Waals surface area contributed by atoms with E-state index < -0.39 is 28.7 Å². The predicted octanol–water partition coefficient (Wildman–Crippen LogP) is 1.21. The zero-order valence-electron chi connectivity index (χ0n) is 8.80. The van der Waals surface area contributed by atoms with Crippen LogP contribution in [0.5, 0.6) is 0 Å². The van der Waals surface area contributed by atoms with Crippen molar-refractivity contribution in [2.24, 2.45) is 0 Å². The van der Waals surface area contributed by atoms with Crippen molar-refractivity contribution in [3.8, 4) is 5.69 Å². The maximum atomic E-state index is 13.5. The van der Waals surface area contributed by atoms with Crippen molar-refractivity contribution in [2.45, 2.75) is 0 Å². The lowest BCUT2D eigenvalue weighted by molar-refractivity contribution is 0.0686. The lowest BCUT2D eigenvalue weighted by Crippen LogP contribution is -2.20. The van der Waals surface area contributed by atoms with Crippen molar-refractivity contribution < 1.29 is 18.7 Å². The minimum absolute atomic E-state index is 0.280. The number of aromatic nitrogens is 2. The Morgan fingerprint density at radius 1 is 1.28 bits per heavy atom. The summed E-state index contributed by atoms with van der Waals surface area (Å²) in [6.45, 7) is 0. The van der Waals surface area contributed by atoms with Gasteiger partial charge in [-0.2, -0.15) is 5.10 Å². The molecule has 1 heterocycles. The van der Waals surface area contributed by atoms with Crippen LogP contribution in [0, 0.1) is 11.6 Å². The summed E-state index contributed by atoms with van der Waals surface area (Å²) in [5.74, 6) is -3.80. The van der Waals surface area contributed by atoms with Gasteiger partial charge in [0.15, 0.2) is 11.6 Å². The van der Waals surface area contributed by atoms with Crippen LogP contribution in [0.15, 0.2) is 35.3 Å². The monoisotopic (exact) mass is 252 g/mol. The first-order chi connectivity index (χ1) is 8.50. The number of aromatic carboxylic acids is 1. The highest BCUT2D eigenvalue weighted by Gasteiger charge is 2.14. The number of hydrogen-bond acceptors (Lipinski definition) is 3. The Bertz CT molecular complexity index is 682. The van der Waals surface area contributed by atoms with Crippen LogP contribution in [0.1, 0.15) is 10.5 Å². The van der Waals surface area contributed by atoms with Gasteiger partial charge in [0.2, 0.25) is 11.1 Å². The molecule has 0 atom stereocenters. The van der Waals surface area contributed by atoms with E-state index >= 15 is 0 Å². The summed E-state index contributed by atoms with van der Waals surface area (Å²) in [7, 11) is 0. The molecule has 0 spiro atoms. The second-order valence-electron chi connectivity index (χ2n) is 3.35. The highest BCUT2D eigenvalue weighted by Crippen LogP contribution is 2.14. The zero-order chi connectivity index (χ0) is 13.3. The van der Waals surface area contributed by atoms with Gasteiger partial charge in [-0.25, -0.2) is 18.3 Å². The highest BCUT2D eigenvalue weighted by molar-refractivity contribution is 5.84. The van der Waals surface area contributed by atoms with Gasteiger partial charge in [0.1, 0.15) is 5.69 Å². The summed E-state index contributed by atoms with van der Waals surface area (Å²) in [5.41, 5.74) is -1.85. The third-order valence-corrected chi connectivity index (χ3v) is 2.19.